The van der Waals surface area contributed by atoms with E-state index in [1.54, 1.807) is 19.1 Å². The third-order valence-corrected chi connectivity index (χ3v) is 1.36. The lowest BCUT2D eigenvalue weighted by Crippen LogP contribution is -1.80. The van der Waals surface area contributed by atoms with Crippen LogP contribution >= 0.6 is 0 Å². The fourth-order valence-corrected chi connectivity index (χ4v) is 0.489. The molecule has 11 heavy (non-hydrogen) atoms. The Balaban J connectivity index is 4.12. The SMILES string of the molecule is C\C=C(C)/C=C\C(=C/C)OO. The van der Waals surface area contributed by atoms with Crippen LogP contribution in [0.1, 0.15) is 20.8 Å². The van der Waals surface area contributed by atoms with Gasteiger partial charge >= 0.3 is 0 Å². The van der Waals surface area contributed by atoms with E-state index in [0.717, 1.165) is 5.57 Å². The highest BCUT2D eigenvalue weighted by molar-refractivity contribution is 5.22. The summed E-state index contributed by atoms with van der Waals surface area (Å²) in [6.45, 7) is 5.72. The Bertz CT molecular complexity index is 188. The first kappa shape index (κ1) is 9.98. The predicted octanol–water partition coefficient (Wildman–Crippen LogP) is 2.90. The topological polar surface area (TPSA) is 29.5 Å². The molecule has 0 aromatic rings. The number of allylic oxidation sites excluding steroid dienone is 5. The van der Waals surface area contributed by atoms with Gasteiger partial charge in [0.05, 0.1) is 0 Å². The summed E-state index contributed by atoms with van der Waals surface area (Å²) < 4.78 is 0. The molecule has 0 bridgehead atoms. The Morgan fingerprint density at radius 1 is 1.18 bits per heavy atom. The highest BCUT2D eigenvalue weighted by Crippen LogP contribution is 2.00. The summed E-state index contributed by atoms with van der Waals surface area (Å²) in [6, 6.07) is 0. The molecule has 0 amide bonds. The van der Waals surface area contributed by atoms with Crippen molar-refractivity contribution in [1.82, 2.24) is 0 Å². The van der Waals surface area contributed by atoms with Gasteiger partial charge in [-0.15, -0.1) is 0 Å². The molecule has 0 aliphatic rings. The van der Waals surface area contributed by atoms with Crippen LogP contribution in [0.3, 0.4) is 0 Å². The molecule has 0 aromatic heterocycles. The zero-order valence-electron chi connectivity index (χ0n) is 7.16. The van der Waals surface area contributed by atoms with Gasteiger partial charge in [-0.2, -0.15) is 0 Å². The Morgan fingerprint density at radius 2 is 1.82 bits per heavy atom. The third-order valence-electron chi connectivity index (χ3n) is 1.36. The molecule has 0 saturated carbocycles. The van der Waals surface area contributed by atoms with Crippen LogP contribution in [0.4, 0.5) is 0 Å². The molecule has 1 N–H and O–H groups in total. The molecule has 0 heterocycles. The minimum atomic E-state index is 0.450. The lowest BCUT2D eigenvalue weighted by atomic mass is 10.2. The van der Waals surface area contributed by atoms with Gasteiger partial charge in [-0.25, -0.2) is 5.26 Å². The highest BCUT2D eigenvalue weighted by atomic mass is 17.1. The van der Waals surface area contributed by atoms with E-state index in [2.05, 4.69) is 4.89 Å². The van der Waals surface area contributed by atoms with E-state index < -0.39 is 0 Å². The normalized spacial score (nSPS) is 14.2. The quantitative estimate of drug-likeness (QED) is 0.293. The molecule has 2 heteroatoms. The van der Waals surface area contributed by atoms with Gasteiger partial charge in [-0.05, 0) is 32.9 Å². The van der Waals surface area contributed by atoms with E-state index in [1.165, 1.54) is 0 Å². The Kier molecular flexibility index (Phi) is 5.21. The summed E-state index contributed by atoms with van der Waals surface area (Å²) in [5.74, 6) is 0.450. The van der Waals surface area contributed by atoms with Crippen LogP contribution in [0.5, 0.6) is 0 Å². The molecule has 0 aromatic carbocycles. The fraction of sp³-hybridized carbons (Fsp3) is 0.333. The molecule has 0 spiro atoms. The summed E-state index contributed by atoms with van der Waals surface area (Å²) in [7, 11) is 0. The summed E-state index contributed by atoms with van der Waals surface area (Å²) in [4.78, 5) is 4.04. The van der Waals surface area contributed by atoms with Crippen LogP contribution in [-0.4, -0.2) is 5.26 Å². The molecule has 0 radical (unpaired) electrons. The lowest BCUT2D eigenvalue weighted by Gasteiger charge is -1.94. The second-order valence-corrected chi connectivity index (χ2v) is 2.15. The van der Waals surface area contributed by atoms with Crippen LogP contribution in [-0.2, 0) is 4.89 Å². The average Bonchev–Trinajstić information content (AvgIpc) is 2.06. The maximum Gasteiger partial charge on any atom is 0.160 e. The van der Waals surface area contributed by atoms with Gasteiger partial charge < -0.3 is 4.89 Å². The van der Waals surface area contributed by atoms with Crippen molar-refractivity contribution in [3.8, 4) is 0 Å². The van der Waals surface area contributed by atoms with Crippen LogP contribution in [0.25, 0.3) is 0 Å². The molecular formula is C9H14O2. The Morgan fingerprint density at radius 3 is 2.18 bits per heavy atom. The molecule has 62 valence electrons. The van der Waals surface area contributed by atoms with E-state index in [4.69, 9.17) is 5.26 Å². The van der Waals surface area contributed by atoms with Crippen molar-refractivity contribution in [2.24, 2.45) is 0 Å². The third kappa shape index (κ3) is 4.39. The standard InChI is InChI=1S/C9H14O2/c1-4-8(3)6-7-9(5-2)11-10/h4-7,10H,1-3H3/b7-6-,8-4-,9-5+. The molecule has 0 unspecified atom stereocenters. The number of rotatable bonds is 3. The van der Waals surface area contributed by atoms with Crippen LogP contribution in [0.15, 0.2) is 35.6 Å². The van der Waals surface area contributed by atoms with E-state index in [-0.39, 0.29) is 0 Å². The van der Waals surface area contributed by atoms with Crippen molar-refractivity contribution < 1.29 is 10.1 Å². The van der Waals surface area contributed by atoms with Gasteiger partial charge in [0.1, 0.15) is 0 Å². The first-order valence-corrected chi connectivity index (χ1v) is 3.53. The first-order chi connectivity index (χ1) is 5.24. The minimum Gasteiger partial charge on any atom is -0.341 e. The van der Waals surface area contributed by atoms with Crippen LogP contribution in [0, 0.1) is 0 Å². The first-order valence-electron chi connectivity index (χ1n) is 3.53. The summed E-state index contributed by atoms with van der Waals surface area (Å²) in [5, 5.41) is 8.27. The molecular weight excluding hydrogens is 140 g/mol. The summed E-state index contributed by atoms with van der Waals surface area (Å²) in [5.41, 5.74) is 1.13. The van der Waals surface area contributed by atoms with E-state index in [9.17, 15) is 0 Å². The molecule has 2 nitrogen and oxygen atoms in total. The van der Waals surface area contributed by atoms with Crippen molar-refractivity contribution in [1.29, 1.82) is 0 Å². The number of hydrogen-bond acceptors (Lipinski definition) is 2. The largest absolute Gasteiger partial charge is 0.341 e. The van der Waals surface area contributed by atoms with Gasteiger partial charge in [0, 0.05) is 0 Å². The second-order valence-electron chi connectivity index (χ2n) is 2.15. The summed E-state index contributed by atoms with van der Waals surface area (Å²) in [6.07, 6.45) is 7.22. The molecule has 0 saturated heterocycles. The average molecular weight is 154 g/mol. The van der Waals surface area contributed by atoms with E-state index in [0.29, 0.717) is 5.76 Å². The molecule has 0 rings (SSSR count). The molecule has 0 atom stereocenters. The highest BCUT2D eigenvalue weighted by Gasteiger charge is 1.86. The van der Waals surface area contributed by atoms with Crippen molar-refractivity contribution in [3.05, 3.63) is 35.6 Å². The van der Waals surface area contributed by atoms with Gasteiger partial charge in [0.15, 0.2) is 5.76 Å². The smallest absolute Gasteiger partial charge is 0.160 e. The zero-order valence-corrected chi connectivity index (χ0v) is 7.16. The van der Waals surface area contributed by atoms with E-state index in [1.807, 2.05) is 26.0 Å². The Hall–Kier alpha value is -1.02. The maximum absolute atomic E-state index is 8.27. The second kappa shape index (κ2) is 5.74. The predicted molar refractivity (Wildman–Crippen MR) is 46.0 cm³/mol. The Labute approximate surface area is 67.4 Å². The maximum atomic E-state index is 8.27. The molecule has 0 aliphatic carbocycles. The summed E-state index contributed by atoms with van der Waals surface area (Å²) >= 11 is 0. The monoisotopic (exact) mass is 154 g/mol. The van der Waals surface area contributed by atoms with Crippen molar-refractivity contribution in [2.45, 2.75) is 20.8 Å². The van der Waals surface area contributed by atoms with Crippen LogP contribution in [0.2, 0.25) is 0 Å². The molecule has 0 aliphatic heterocycles. The fourth-order valence-electron chi connectivity index (χ4n) is 0.489. The molecule has 0 fully saturated rings. The minimum absolute atomic E-state index is 0.450. The lowest BCUT2D eigenvalue weighted by molar-refractivity contribution is -0.198. The van der Waals surface area contributed by atoms with Gasteiger partial charge in [0.25, 0.3) is 0 Å². The van der Waals surface area contributed by atoms with Crippen molar-refractivity contribution >= 4 is 0 Å². The number of hydrogen-bond donors (Lipinski definition) is 1. The van der Waals surface area contributed by atoms with Crippen molar-refractivity contribution in [3.63, 3.8) is 0 Å². The zero-order chi connectivity index (χ0) is 8.69. The van der Waals surface area contributed by atoms with Gasteiger partial charge in [0.2, 0.25) is 0 Å². The van der Waals surface area contributed by atoms with E-state index >= 15 is 0 Å². The van der Waals surface area contributed by atoms with Crippen molar-refractivity contribution in [2.75, 3.05) is 0 Å². The van der Waals surface area contributed by atoms with Crippen LogP contribution < -0.4 is 0 Å². The van der Waals surface area contributed by atoms with Gasteiger partial charge in [-0.3, -0.25) is 0 Å². The van der Waals surface area contributed by atoms with Gasteiger partial charge in [-0.1, -0.05) is 17.7 Å².